The molecule has 1 atom stereocenters. The van der Waals surface area contributed by atoms with Gasteiger partial charge in [0.15, 0.2) is 0 Å². The second-order valence-corrected chi connectivity index (χ2v) is 3.37. The van der Waals surface area contributed by atoms with Crippen molar-refractivity contribution in [3.8, 4) is 0 Å². The van der Waals surface area contributed by atoms with Crippen molar-refractivity contribution < 1.29 is 4.39 Å². The van der Waals surface area contributed by atoms with Crippen molar-refractivity contribution in [2.24, 2.45) is 5.73 Å². The first-order valence-corrected chi connectivity index (χ1v) is 4.67. The lowest BCUT2D eigenvalue weighted by Crippen LogP contribution is -2.12. The summed E-state index contributed by atoms with van der Waals surface area (Å²) < 4.78 is 13.5. The van der Waals surface area contributed by atoms with Crippen molar-refractivity contribution in [1.29, 1.82) is 0 Å². The predicted octanol–water partition coefficient (Wildman–Crippen LogP) is 2.93. The van der Waals surface area contributed by atoms with E-state index in [2.05, 4.69) is 0 Å². The minimum atomic E-state index is -0.162. The number of hydrogen-bond donors (Lipinski definition) is 1. The summed E-state index contributed by atoms with van der Waals surface area (Å²) in [6, 6.07) is 5.22. The molecule has 0 radical (unpaired) electrons. The average molecular weight is 181 g/mol. The first-order chi connectivity index (χ1) is 6.16. The maximum Gasteiger partial charge on any atom is 0.130 e. The molecule has 1 aromatic carbocycles. The summed E-state index contributed by atoms with van der Waals surface area (Å²) in [7, 11) is 0. The number of rotatable bonds is 3. The topological polar surface area (TPSA) is 26.0 Å². The molecule has 1 nitrogen and oxygen atoms in total. The second-order valence-electron chi connectivity index (χ2n) is 3.37. The minimum Gasteiger partial charge on any atom is -0.324 e. The van der Waals surface area contributed by atoms with Crippen molar-refractivity contribution in [3.63, 3.8) is 0 Å². The first-order valence-electron chi connectivity index (χ1n) is 4.67. The molecule has 0 aromatic heterocycles. The normalized spacial score (nSPS) is 12.9. The van der Waals surface area contributed by atoms with Crippen LogP contribution in [0, 0.1) is 12.7 Å². The number of aryl methyl sites for hydroxylation is 1. The Bertz CT molecular complexity index is 283. The van der Waals surface area contributed by atoms with Gasteiger partial charge in [-0.25, -0.2) is 4.39 Å². The standard InChI is InChI=1S/C11H16FN/c1-3-5-10(13)9-7-4-6-8(2)11(9)12/h4,6-7,10H,3,5,13H2,1-2H3/t10-/m0/s1. The molecule has 0 aliphatic heterocycles. The molecule has 72 valence electrons. The lowest BCUT2D eigenvalue weighted by atomic mass is 10.0. The molecule has 0 unspecified atom stereocenters. The van der Waals surface area contributed by atoms with Crippen molar-refractivity contribution in [2.75, 3.05) is 0 Å². The number of nitrogens with two attached hydrogens (primary N) is 1. The molecule has 0 saturated carbocycles. The summed E-state index contributed by atoms with van der Waals surface area (Å²) in [5.41, 5.74) is 7.15. The lowest BCUT2D eigenvalue weighted by Gasteiger charge is -2.12. The molecule has 0 aliphatic carbocycles. The van der Waals surface area contributed by atoms with Gasteiger partial charge >= 0.3 is 0 Å². The average Bonchev–Trinajstić information content (AvgIpc) is 2.10. The van der Waals surface area contributed by atoms with Crippen LogP contribution in [0.25, 0.3) is 0 Å². The van der Waals surface area contributed by atoms with Gasteiger partial charge in [-0.05, 0) is 18.9 Å². The zero-order valence-corrected chi connectivity index (χ0v) is 8.18. The van der Waals surface area contributed by atoms with E-state index in [-0.39, 0.29) is 11.9 Å². The Morgan fingerprint density at radius 3 is 2.77 bits per heavy atom. The molecule has 0 bridgehead atoms. The predicted molar refractivity (Wildman–Crippen MR) is 53.0 cm³/mol. The number of halogens is 1. The first kappa shape index (κ1) is 10.2. The zero-order chi connectivity index (χ0) is 9.84. The zero-order valence-electron chi connectivity index (χ0n) is 8.18. The largest absolute Gasteiger partial charge is 0.324 e. The third kappa shape index (κ3) is 2.28. The van der Waals surface area contributed by atoms with Gasteiger partial charge in [0.1, 0.15) is 5.82 Å². The van der Waals surface area contributed by atoms with Crippen molar-refractivity contribution in [1.82, 2.24) is 0 Å². The highest BCUT2D eigenvalue weighted by Crippen LogP contribution is 2.20. The Labute approximate surface area is 78.8 Å². The van der Waals surface area contributed by atoms with E-state index < -0.39 is 0 Å². The van der Waals surface area contributed by atoms with Crippen LogP contribution in [0.5, 0.6) is 0 Å². The van der Waals surface area contributed by atoms with Crippen LogP contribution in [0.1, 0.15) is 36.9 Å². The number of hydrogen-bond acceptors (Lipinski definition) is 1. The lowest BCUT2D eigenvalue weighted by molar-refractivity contribution is 0.554. The third-order valence-corrected chi connectivity index (χ3v) is 2.22. The fraction of sp³-hybridized carbons (Fsp3) is 0.455. The molecule has 0 saturated heterocycles. The van der Waals surface area contributed by atoms with Crippen LogP contribution in [0.15, 0.2) is 18.2 Å². The van der Waals surface area contributed by atoms with Crippen molar-refractivity contribution >= 4 is 0 Å². The Balaban J connectivity index is 2.93. The van der Waals surface area contributed by atoms with E-state index >= 15 is 0 Å². The Morgan fingerprint density at radius 2 is 2.15 bits per heavy atom. The molecule has 0 fully saturated rings. The highest BCUT2D eigenvalue weighted by atomic mass is 19.1. The minimum absolute atomic E-state index is 0.150. The SMILES string of the molecule is CCC[C@H](N)c1cccc(C)c1F. The molecule has 0 spiro atoms. The molecule has 2 heteroatoms. The van der Waals surface area contributed by atoms with Gasteiger partial charge in [0.05, 0.1) is 0 Å². The molecule has 0 aliphatic rings. The van der Waals surface area contributed by atoms with Crippen LogP contribution >= 0.6 is 0 Å². The molecule has 13 heavy (non-hydrogen) atoms. The fourth-order valence-corrected chi connectivity index (χ4v) is 1.42. The van der Waals surface area contributed by atoms with Crippen molar-refractivity contribution in [3.05, 3.63) is 35.1 Å². The molecule has 0 heterocycles. The van der Waals surface area contributed by atoms with Gasteiger partial charge in [0, 0.05) is 11.6 Å². The summed E-state index contributed by atoms with van der Waals surface area (Å²) in [6.45, 7) is 3.81. The fourth-order valence-electron chi connectivity index (χ4n) is 1.42. The van der Waals surface area contributed by atoms with Gasteiger partial charge in [-0.1, -0.05) is 31.5 Å². The van der Waals surface area contributed by atoms with Crippen LogP contribution in [0.3, 0.4) is 0 Å². The summed E-state index contributed by atoms with van der Waals surface area (Å²) in [5.74, 6) is -0.150. The second kappa shape index (κ2) is 4.38. The molecule has 0 amide bonds. The van der Waals surface area contributed by atoms with Crippen LogP contribution in [0.2, 0.25) is 0 Å². The summed E-state index contributed by atoms with van der Waals surface area (Å²) in [5, 5.41) is 0. The van der Waals surface area contributed by atoms with E-state index in [0.717, 1.165) is 12.8 Å². The third-order valence-electron chi connectivity index (χ3n) is 2.22. The maximum atomic E-state index is 13.5. The Hall–Kier alpha value is -0.890. The van der Waals surface area contributed by atoms with Gasteiger partial charge in [-0.3, -0.25) is 0 Å². The van der Waals surface area contributed by atoms with Gasteiger partial charge in [0.25, 0.3) is 0 Å². The molecule has 2 N–H and O–H groups in total. The van der Waals surface area contributed by atoms with Gasteiger partial charge < -0.3 is 5.73 Å². The Morgan fingerprint density at radius 1 is 1.46 bits per heavy atom. The van der Waals surface area contributed by atoms with E-state index in [9.17, 15) is 4.39 Å². The number of benzene rings is 1. The van der Waals surface area contributed by atoms with E-state index in [0.29, 0.717) is 11.1 Å². The maximum absolute atomic E-state index is 13.5. The molecule has 1 aromatic rings. The summed E-state index contributed by atoms with van der Waals surface area (Å²) in [4.78, 5) is 0. The molecular weight excluding hydrogens is 165 g/mol. The van der Waals surface area contributed by atoms with Crippen LogP contribution in [-0.4, -0.2) is 0 Å². The van der Waals surface area contributed by atoms with Crippen molar-refractivity contribution in [2.45, 2.75) is 32.7 Å². The van der Waals surface area contributed by atoms with E-state index in [1.54, 1.807) is 19.1 Å². The highest BCUT2D eigenvalue weighted by molar-refractivity contribution is 5.27. The van der Waals surface area contributed by atoms with Crippen LogP contribution in [-0.2, 0) is 0 Å². The Kier molecular flexibility index (Phi) is 3.43. The van der Waals surface area contributed by atoms with Gasteiger partial charge in [0.2, 0.25) is 0 Å². The highest BCUT2D eigenvalue weighted by Gasteiger charge is 2.11. The van der Waals surface area contributed by atoms with E-state index in [1.165, 1.54) is 0 Å². The monoisotopic (exact) mass is 181 g/mol. The van der Waals surface area contributed by atoms with Gasteiger partial charge in [-0.15, -0.1) is 0 Å². The van der Waals surface area contributed by atoms with Crippen LogP contribution in [0.4, 0.5) is 4.39 Å². The van der Waals surface area contributed by atoms with Gasteiger partial charge in [-0.2, -0.15) is 0 Å². The quantitative estimate of drug-likeness (QED) is 0.762. The molecular formula is C11H16FN. The molecule has 1 rings (SSSR count). The smallest absolute Gasteiger partial charge is 0.130 e. The summed E-state index contributed by atoms with van der Waals surface area (Å²) >= 11 is 0. The van der Waals surface area contributed by atoms with Crippen LogP contribution < -0.4 is 5.73 Å². The van der Waals surface area contributed by atoms with E-state index in [4.69, 9.17) is 5.73 Å². The van der Waals surface area contributed by atoms with E-state index in [1.807, 2.05) is 13.0 Å². The summed E-state index contributed by atoms with van der Waals surface area (Å²) in [6.07, 6.45) is 1.81.